The first-order valence-electron chi connectivity index (χ1n) is 5.83. The van der Waals surface area contributed by atoms with Gasteiger partial charge in [-0.15, -0.1) is 0 Å². The highest BCUT2D eigenvalue weighted by Gasteiger charge is 2.16. The van der Waals surface area contributed by atoms with Crippen LogP contribution in [0.1, 0.15) is 24.5 Å². The molecule has 1 rings (SSSR count). The van der Waals surface area contributed by atoms with Crippen LogP contribution in [0.15, 0.2) is 18.2 Å². The Kier molecular flexibility index (Phi) is 6.18. The number of halogens is 1. The molecule has 1 aromatic rings. The lowest BCUT2D eigenvalue weighted by atomic mass is 10.1. The van der Waals surface area contributed by atoms with Crippen LogP contribution in [0.4, 0.5) is 4.39 Å². The number of nitrogens with one attached hydrogen (secondary N) is 1. The van der Waals surface area contributed by atoms with Gasteiger partial charge in [0.05, 0.1) is 6.61 Å². The van der Waals surface area contributed by atoms with Gasteiger partial charge in [-0.25, -0.2) is 4.39 Å². The van der Waals surface area contributed by atoms with E-state index in [4.69, 9.17) is 9.31 Å². The van der Waals surface area contributed by atoms with Crippen molar-refractivity contribution < 1.29 is 13.7 Å². The number of rotatable bonds is 7. The second-order valence-electron chi connectivity index (χ2n) is 3.87. The summed E-state index contributed by atoms with van der Waals surface area (Å²) in [5, 5.41) is 2.90. The Morgan fingerprint density at radius 2 is 2.12 bits per heavy atom. The summed E-state index contributed by atoms with van der Waals surface area (Å²) in [7, 11) is 1.32. The standard InChI is InChI=1S/C12H19BFNO2/c1-4-7-16-13(15-3)17-9-11-8-12(14)6-5-10(11)2/h5-6,8,15H,4,7,9H2,1-3H3. The Balaban J connectivity index is 2.50. The normalized spacial score (nSPS) is 10.6. The predicted octanol–water partition coefficient (Wildman–Crippen LogP) is 2.28. The van der Waals surface area contributed by atoms with E-state index < -0.39 is 7.25 Å². The summed E-state index contributed by atoms with van der Waals surface area (Å²) in [6.07, 6.45) is 0.931. The first-order chi connectivity index (χ1) is 8.17. The quantitative estimate of drug-likeness (QED) is 0.740. The molecule has 0 unspecified atom stereocenters. The third-order valence-corrected chi connectivity index (χ3v) is 2.41. The van der Waals surface area contributed by atoms with Crippen molar-refractivity contribution in [3.05, 3.63) is 35.1 Å². The topological polar surface area (TPSA) is 30.5 Å². The van der Waals surface area contributed by atoms with Crippen LogP contribution in [0.3, 0.4) is 0 Å². The van der Waals surface area contributed by atoms with Crippen molar-refractivity contribution in [1.82, 2.24) is 5.23 Å². The summed E-state index contributed by atoms with van der Waals surface area (Å²) in [5.74, 6) is -0.246. The van der Waals surface area contributed by atoms with Crippen LogP contribution >= 0.6 is 0 Å². The molecule has 0 saturated heterocycles. The summed E-state index contributed by atoms with van der Waals surface area (Å²) < 4.78 is 24.0. The zero-order valence-corrected chi connectivity index (χ0v) is 10.6. The molecule has 0 aromatic heterocycles. The monoisotopic (exact) mass is 239 g/mol. The molecule has 0 radical (unpaired) electrons. The second kappa shape index (κ2) is 7.43. The van der Waals surface area contributed by atoms with Crippen LogP contribution in [0.5, 0.6) is 0 Å². The van der Waals surface area contributed by atoms with Crippen LogP contribution in [0.25, 0.3) is 0 Å². The second-order valence-corrected chi connectivity index (χ2v) is 3.87. The summed E-state index contributed by atoms with van der Waals surface area (Å²) in [5.41, 5.74) is 1.85. The average molecular weight is 239 g/mol. The van der Waals surface area contributed by atoms with Crippen molar-refractivity contribution in [2.75, 3.05) is 13.7 Å². The van der Waals surface area contributed by atoms with Gasteiger partial charge in [-0.2, -0.15) is 0 Å². The van der Waals surface area contributed by atoms with Gasteiger partial charge >= 0.3 is 7.25 Å². The third kappa shape index (κ3) is 4.85. The van der Waals surface area contributed by atoms with Crippen molar-refractivity contribution in [2.45, 2.75) is 26.9 Å². The summed E-state index contributed by atoms with van der Waals surface area (Å²) >= 11 is 0. The predicted molar refractivity (Wildman–Crippen MR) is 67.0 cm³/mol. The Morgan fingerprint density at radius 1 is 1.35 bits per heavy atom. The van der Waals surface area contributed by atoms with Crippen LogP contribution in [-0.4, -0.2) is 20.9 Å². The number of hydrogen-bond acceptors (Lipinski definition) is 3. The van der Waals surface area contributed by atoms with Gasteiger partial charge in [0.25, 0.3) is 0 Å². The average Bonchev–Trinajstić information content (AvgIpc) is 2.33. The number of benzene rings is 1. The fourth-order valence-electron chi connectivity index (χ4n) is 1.40. The highest BCUT2D eigenvalue weighted by atomic mass is 19.1. The van der Waals surface area contributed by atoms with Crippen molar-refractivity contribution in [1.29, 1.82) is 0 Å². The molecular weight excluding hydrogens is 220 g/mol. The molecule has 3 nitrogen and oxygen atoms in total. The maximum Gasteiger partial charge on any atom is 0.554 e. The van der Waals surface area contributed by atoms with Gasteiger partial charge in [-0.3, -0.25) is 0 Å². The van der Waals surface area contributed by atoms with Crippen molar-refractivity contribution in [2.24, 2.45) is 0 Å². The molecular formula is C12H19BFNO2. The lowest BCUT2D eigenvalue weighted by Gasteiger charge is -2.13. The van der Waals surface area contributed by atoms with E-state index in [0.29, 0.717) is 13.2 Å². The van der Waals surface area contributed by atoms with Crippen molar-refractivity contribution >= 4 is 7.25 Å². The molecule has 0 atom stereocenters. The van der Waals surface area contributed by atoms with E-state index in [1.807, 2.05) is 13.8 Å². The maximum atomic E-state index is 13.1. The first-order valence-corrected chi connectivity index (χ1v) is 5.83. The minimum atomic E-state index is -0.447. The van der Waals surface area contributed by atoms with Crippen LogP contribution < -0.4 is 5.23 Å². The van der Waals surface area contributed by atoms with Crippen LogP contribution in [-0.2, 0) is 15.9 Å². The zero-order chi connectivity index (χ0) is 12.7. The van der Waals surface area contributed by atoms with Crippen molar-refractivity contribution in [3.8, 4) is 0 Å². The van der Waals surface area contributed by atoms with Gasteiger partial charge < -0.3 is 14.5 Å². The van der Waals surface area contributed by atoms with Crippen molar-refractivity contribution in [3.63, 3.8) is 0 Å². The van der Waals surface area contributed by atoms with E-state index in [9.17, 15) is 4.39 Å². The molecule has 17 heavy (non-hydrogen) atoms. The number of hydrogen-bond donors (Lipinski definition) is 1. The van der Waals surface area contributed by atoms with Crippen LogP contribution in [0, 0.1) is 12.7 Å². The van der Waals surface area contributed by atoms with Gasteiger partial charge in [-0.05, 0) is 43.7 Å². The first kappa shape index (κ1) is 14.2. The Hall–Kier alpha value is -0.905. The smallest absolute Gasteiger partial charge is 0.397 e. The van der Waals surface area contributed by atoms with Crippen LogP contribution in [0.2, 0.25) is 0 Å². The summed E-state index contributed by atoms with van der Waals surface area (Å²) in [6, 6.07) is 4.68. The van der Waals surface area contributed by atoms with Gasteiger partial charge in [-0.1, -0.05) is 13.0 Å². The molecule has 0 amide bonds. The fourth-order valence-corrected chi connectivity index (χ4v) is 1.40. The van der Waals surface area contributed by atoms with Gasteiger partial charge in [0.2, 0.25) is 0 Å². The minimum Gasteiger partial charge on any atom is -0.397 e. The molecule has 0 aliphatic heterocycles. The molecule has 5 heteroatoms. The van der Waals surface area contributed by atoms with Gasteiger partial charge in [0, 0.05) is 6.61 Å². The van der Waals surface area contributed by atoms with Gasteiger partial charge in [0.1, 0.15) is 5.82 Å². The molecule has 1 N–H and O–H groups in total. The summed E-state index contributed by atoms with van der Waals surface area (Å²) in [6.45, 7) is 4.93. The Labute approximate surface area is 102 Å². The molecule has 1 aromatic carbocycles. The van der Waals surface area contributed by atoms with E-state index in [1.165, 1.54) is 12.1 Å². The van der Waals surface area contributed by atoms with E-state index >= 15 is 0 Å². The number of aryl methyl sites for hydroxylation is 1. The van der Waals surface area contributed by atoms with E-state index in [2.05, 4.69) is 5.23 Å². The lowest BCUT2D eigenvalue weighted by molar-refractivity contribution is 0.181. The maximum absolute atomic E-state index is 13.1. The molecule has 94 valence electrons. The molecule has 0 aliphatic carbocycles. The Morgan fingerprint density at radius 3 is 2.76 bits per heavy atom. The molecule has 0 fully saturated rings. The van der Waals surface area contributed by atoms with Gasteiger partial charge in [0.15, 0.2) is 0 Å². The molecule has 0 spiro atoms. The van der Waals surface area contributed by atoms with E-state index in [-0.39, 0.29) is 5.82 Å². The lowest BCUT2D eigenvalue weighted by Crippen LogP contribution is -2.37. The minimum absolute atomic E-state index is 0.246. The zero-order valence-electron chi connectivity index (χ0n) is 10.6. The molecule has 0 heterocycles. The summed E-state index contributed by atoms with van der Waals surface area (Å²) in [4.78, 5) is 0. The Bertz CT molecular complexity index is 349. The fraction of sp³-hybridized carbons (Fsp3) is 0.500. The third-order valence-electron chi connectivity index (χ3n) is 2.41. The van der Waals surface area contributed by atoms with E-state index in [1.54, 1.807) is 13.1 Å². The largest absolute Gasteiger partial charge is 0.554 e. The SMILES string of the molecule is CCCOB(NC)OCc1cc(F)ccc1C. The highest BCUT2D eigenvalue weighted by molar-refractivity contribution is 6.41. The molecule has 0 aliphatic rings. The highest BCUT2D eigenvalue weighted by Crippen LogP contribution is 2.11. The molecule has 0 bridgehead atoms. The van der Waals surface area contributed by atoms with E-state index in [0.717, 1.165) is 17.5 Å². The molecule has 0 saturated carbocycles.